The molecule has 0 saturated carbocycles. The van der Waals surface area contributed by atoms with Gasteiger partial charge in [-0.15, -0.1) is 0 Å². The molecule has 0 radical (unpaired) electrons. The lowest BCUT2D eigenvalue weighted by atomic mass is 10.1. The van der Waals surface area contributed by atoms with Crippen molar-refractivity contribution in [1.82, 2.24) is 0 Å². The first-order chi connectivity index (χ1) is 16.0. The van der Waals surface area contributed by atoms with Crippen LogP contribution in [0.5, 0.6) is 11.5 Å². The largest absolute Gasteiger partial charge is 0.490 e. The van der Waals surface area contributed by atoms with Crippen molar-refractivity contribution in [2.45, 2.75) is 13.3 Å². The van der Waals surface area contributed by atoms with Gasteiger partial charge < -0.3 is 14.2 Å². The van der Waals surface area contributed by atoms with Gasteiger partial charge in [0.25, 0.3) is 0 Å². The molecule has 1 aliphatic rings. The summed E-state index contributed by atoms with van der Waals surface area (Å²) in [5, 5.41) is 0.356. The fourth-order valence-corrected chi connectivity index (χ4v) is 3.55. The zero-order valence-corrected chi connectivity index (χ0v) is 18.6. The van der Waals surface area contributed by atoms with E-state index in [9.17, 15) is 9.18 Å². The first kappa shape index (κ1) is 22.6. The minimum atomic E-state index is -0.605. The highest BCUT2D eigenvalue weighted by Crippen LogP contribution is 2.37. The molecule has 0 aromatic heterocycles. The fourth-order valence-electron chi connectivity index (χ4n) is 3.27. The number of hydrogen-bond donors (Lipinski definition) is 0. The van der Waals surface area contributed by atoms with E-state index in [-0.39, 0.29) is 17.4 Å². The van der Waals surface area contributed by atoms with Crippen molar-refractivity contribution in [2.75, 3.05) is 13.2 Å². The van der Waals surface area contributed by atoms with E-state index in [0.717, 1.165) is 12.0 Å². The van der Waals surface area contributed by atoms with Crippen molar-refractivity contribution in [2.24, 2.45) is 4.99 Å². The number of carbonyl (C=O) groups excluding carboxylic acids is 1. The number of nitrogens with zero attached hydrogens (tertiary/aromatic N) is 1. The van der Waals surface area contributed by atoms with E-state index in [1.165, 1.54) is 24.3 Å². The van der Waals surface area contributed by atoms with Crippen molar-refractivity contribution in [1.29, 1.82) is 0 Å². The number of hydrogen-bond acceptors (Lipinski definition) is 5. The SMILES string of the molecule is CCOc1cc(/C=C2\N=C(c3ccc(F)cc3)OC2=O)cc(Cl)c1OCCc1ccccc1. The predicted octanol–water partition coefficient (Wildman–Crippen LogP) is 5.84. The van der Waals surface area contributed by atoms with E-state index in [1.54, 1.807) is 18.2 Å². The second kappa shape index (κ2) is 10.3. The van der Waals surface area contributed by atoms with E-state index in [0.29, 0.717) is 40.9 Å². The van der Waals surface area contributed by atoms with Crippen molar-refractivity contribution in [3.05, 3.63) is 100.0 Å². The standard InChI is InChI=1S/C26H21ClFNO4/c1-2-31-23-16-18(14-21(27)24(23)32-13-12-17-6-4-3-5-7-17)15-22-26(30)33-25(29-22)19-8-10-20(28)11-9-19/h3-11,14-16H,2,12-13H2,1H3/b22-15-. The summed E-state index contributed by atoms with van der Waals surface area (Å²) >= 11 is 6.49. The van der Waals surface area contributed by atoms with Gasteiger partial charge >= 0.3 is 5.97 Å². The first-order valence-corrected chi connectivity index (χ1v) is 10.8. The highest BCUT2D eigenvalue weighted by atomic mass is 35.5. The molecule has 0 atom stereocenters. The number of rotatable bonds is 8. The van der Waals surface area contributed by atoms with Crippen LogP contribution in [0.3, 0.4) is 0 Å². The van der Waals surface area contributed by atoms with Crippen LogP contribution in [0.4, 0.5) is 4.39 Å². The minimum absolute atomic E-state index is 0.102. The minimum Gasteiger partial charge on any atom is -0.490 e. The highest BCUT2D eigenvalue weighted by molar-refractivity contribution is 6.32. The lowest BCUT2D eigenvalue weighted by Crippen LogP contribution is -2.05. The fraction of sp³-hybridized carbons (Fsp3) is 0.154. The molecule has 0 saturated heterocycles. The number of aliphatic imine (C=N–C) groups is 1. The molecule has 0 fully saturated rings. The summed E-state index contributed by atoms with van der Waals surface area (Å²) in [5.41, 5.74) is 2.37. The number of esters is 1. The molecule has 0 spiro atoms. The Morgan fingerprint density at radius 1 is 1.06 bits per heavy atom. The van der Waals surface area contributed by atoms with Crippen LogP contribution in [0, 0.1) is 5.82 Å². The van der Waals surface area contributed by atoms with E-state index >= 15 is 0 Å². The van der Waals surface area contributed by atoms with Gasteiger partial charge in [0.1, 0.15) is 5.82 Å². The molecule has 0 N–H and O–H groups in total. The van der Waals surface area contributed by atoms with E-state index in [4.69, 9.17) is 25.8 Å². The normalized spacial score (nSPS) is 14.2. The first-order valence-electron chi connectivity index (χ1n) is 10.4. The molecule has 0 aliphatic carbocycles. The maximum absolute atomic E-state index is 13.2. The molecule has 33 heavy (non-hydrogen) atoms. The highest BCUT2D eigenvalue weighted by Gasteiger charge is 2.24. The third kappa shape index (κ3) is 5.59. The second-order valence-corrected chi connectivity index (χ2v) is 7.60. The second-order valence-electron chi connectivity index (χ2n) is 7.19. The summed E-state index contributed by atoms with van der Waals surface area (Å²) < 4.78 is 30.0. The van der Waals surface area contributed by atoms with E-state index in [1.807, 2.05) is 37.3 Å². The average Bonchev–Trinajstić information content (AvgIpc) is 3.17. The maximum atomic E-state index is 13.2. The molecule has 0 unspecified atom stereocenters. The van der Waals surface area contributed by atoms with E-state index < -0.39 is 5.97 Å². The van der Waals surface area contributed by atoms with Gasteiger partial charge in [0.2, 0.25) is 5.90 Å². The molecule has 168 valence electrons. The molecule has 5 nitrogen and oxygen atoms in total. The van der Waals surface area contributed by atoms with Crippen LogP contribution in [0.1, 0.15) is 23.6 Å². The molecule has 3 aromatic rings. The topological polar surface area (TPSA) is 57.1 Å². The molecule has 0 amide bonds. The summed E-state index contributed by atoms with van der Waals surface area (Å²) in [7, 11) is 0. The van der Waals surface area contributed by atoms with Gasteiger partial charge in [0, 0.05) is 12.0 Å². The van der Waals surface area contributed by atoms with Crippen LogP contribution in [0.2, 0.25) is 5.02 Å². The van der Waals surface area contributed by atoms with Gasteiger partial charge in [-0.3, -0.25) is 0 Å². The molecular weight excluding hydrogens is 445 g/mol. The summed E-state index contributed by atoms with van der Waals surface area (Å²) in [4.78, 5) is 16.5. The molecule has 0 bridgehead atoms. The van der Waals surface area contributed by atoms with Crippen molar-refractivity contribution in [3.63, 3.8) is 0 Å². The number of halogens is 2. The summed E-state index contributed by atoms with van der Waals surface area (Å²) in [6.45, 7) is 2.71. The Hall–Kier alpha value is -3.64. The smallest absolute Gasteiger partial charge is 0.363 e. The molecule has 3 aromatic carbocycles. The zero-order valence-electron chi connectivity index (χ0n) is 17.9. The Balaban J connectivity index is 1.55. The number of cyclic esters (lactones) is 1. The predicted molar refractivity (Wildman–Crippen MR) is 125 cm³/mol. The summed E-state index contributed by atoms with van der Waals surface area (Å²) in [5.74, 6) is 0.0403. The van der Waals surface area contributed by atoms with Crippen LogP contribution in [-0.4, -0.2) is 25.1 Å². The Bertz CT molecular complexity index is 1210. The van der Waals surface area contributed by atoms with Gasteiger partial charge in [-0.1, -0.05) is 41.9 Å². The lowest BCUT2D eigenvalue weighted by Gasteiger charge is -2.14. The molecular formula is C26H21ClFNO4. The Labute approximate surface area is 196 Å². The molecule has 1 heterocycles. The van der Waals surface area contributed by atoms with Gasteiger partial charge in [-0.2, -0.15) is 0 Å². The van der Waals surface area contributed by atoms with Gasteiger partial charge in [0.05, 0.1) is 18.2 Å². The average molecular weight is 466 g/mol. The Kier molecular flexibility index (Phi) is 7.05. The van der Waals surface area contributed by atoms with Gasteiger partial charge in [-0.05, 0) is 60.5 Å². The molecule has 7 heteroatoms. The number of benzene rings is 3. The monoisotopic (exact) mass is 465 g/mol. The summed E-state index contributed by atoms with van der Waals surface area (Å²) in [6, 6.07) is 18.9. The summed E-state index contributed by atoms with van der Waals surface area (Å²) in [6.07, 6.45) is 2.28. The van der Waals surface area contributed by atoms with Crippen LogP contribution in [0.25, 0.3) is 6.08 Å². The van der Waals surface area contributed by atoms with Crippen molar-refractivity contribution in [3.8, 4) is 11.5 Å². The Morgan fingerprint density at radius 3 is 2.55 bits per heavy atom. The lowest BCUT2D eigenvalue weighted by molar-refractivity contribution is -0.129. The van der Waals surface area contributed by atoms with Crippen LogP contribution >= 0.6 is 11.6 Å². The van der Waals surface area contributed by atoms with Crippen molar-refractivity contribution < 1.29 is 23.4 Å². The van der Waals surface area contributed by atoms with Crippen LogP contribution in [0.15, 0.2) is 77.4 Å². The third-order valence-electron chi connectivity index (χ3n) is 4.83. The van der Waals surface area contributed by atoms with Crippen molar-refractivity contribution >= 4 is 29.5 Å². The number of ether oxygens (including phenoxy) is 3. The number of carbonyl (C=O) groups is 1. The maximum Gasteiger partial charge on any atom is 0.363 e. The zero-order chi connectivity index (χ0) is 23.2. The quantitative estimate of drug-likeness (QED) is 0.309. The third-order valence-corrected chi connectivity index (χ3v) is 5.11. The van der Waals surface area contributed by atoms with Crippen LogP contribution < -0.4 is 9.47 Å². The van der Waals surface area contributed by atoms with Gasteiger partial charge in [-0.25, -0.2) is 14.2 Å². The van der Waals surface area contributed by atoms with Crippen LogP contribution in [-0.2, 0) is 16.0 Å². The van der Waals surface area contributed by atoms with E-state index in [2.05, 4.69) is 4.99 Å². The van der Waals surface area contributed by atoms with Gasteiger partial charge in [0.15, 0.2) is 17.2 Å². The molecule has 1 aliphatic heterocycles. The molecule has 4 rings (SSSR count). The Morgan fingerprint density at radius 2 is 1.82 bits per heavy atom.